The van der Waals surface area contributed by atoms with Gasteiger partial charge in [0.15, 0.2) is 0 Å². The molecule has 1 aliphatic carbocycles. The summed E-state index contributed by atoms with van der Waals surface area (Å²) in [4.78, 5) is 12.0. The van der Waals surface area contributed by atoms with Crippen LogP contribution in [-0.4, -0.2) is 31.2 Å². The lowest BCUT2D eigenvalue weighted by Gasteiger charge is -2.26. The van der Waals surface area contributed by atoms with E-state index in [1.807, 2.05) is 0 Å². The van der Waals surface area contributed by atoms with Crippen LogP contribution < -0.4 is 11.1 Å². The molecule has 1 amide bonds. The van der Waals surface area contributed by atoms with Gasteiger partial charge in [-0.15, -0.1) is 0 Å². The average Bonchev–Trinajstić information content (AvgIpc) is 2.45. The second kappa shape index (κ2) is 7.99. The van der Waals surface area contributed by atoms with Crippen LogP contribution in [0.2, 0.25) is 10.0 Å². The van der Waals surface area contributed by atoms with Crippen LogP contribution in [0.25, 0.3) is 0 Å². The first-order valence-electron chi connectivity index (χ1n) is 7.16. The molecule has 0 spiro atoms. The average molecular weight is 331 g/mol. The molecule has 1 fully saturated rings. The van der Waals surface area contributed by atoms with Crippen LogP contribution in [-0.2, 0) is 4.74 Å². The summed E-state index contributed by atoms with van der Waals surface area (Å²) in [5.74, 6) is -0.217. The first kappa shape index (κ1) is 16.6. The molecule has 0 aliphatic heterocycles. The van der Waals surface area contributed by atoms with Crippen molar-refractivity contribution in [2.45, 2.75) is 37.8 Å². The van der Waals surface area contributed by atoms with Crippen molar-refractivity contribution in [1.82, 2.24) is 5.32 Å². The van der Waals surface area contributed by atoms with Crippen molar-refractivity contribution in [1.29, 1.82) is 0 Å². The number of nitrogens with one attached hydrogen (secondary N) is 1. The van der Waals surface area contributed by atoms with E-state index in [0.29, 0.717) is 34.8 Å². The van der Waals surface area contributed by atoms with Crippen molar-refractivity contribution < 1.29 is 9.53 Å². The fourth-order valence-corrected chi connectivity index (χ4v) is 2.91. The molecule has 0 bridgehead atoms. The maximum absolute atomic E-state index is 12.0. The fraction of sp³-hybridized carbons (Fsp3) is 0.533. The monoisotopic (exact) mass is 330 g/mol. The Morgan fingerprint density at radius 1 is 1.29 bits per heavy atom. The number of rotatable bonds is 5. The van der Waals surface area contributed by atoms with Gasteiger partial charge in [-0.1, -0.05) is 23.2 Å². The van der Waals surface area contributed by atoms with Crippen molar-refractivity contribution in [3.8, 4) is 0 Å². The SMILES string of the molecule is NC1CCC(OCCNC(=O)c2ccc(Cl)cc2Cl)CC1. The summed E-state index contributed by atoms with van der Waals surface area (Å²) in [6.45, 7) is 0.956. The zero-order valence-electron chi connectivity index (χ0n) is 11.8. The van der Waals surface area contributed by atoms with E-state index in [4.69, 9.17) is 33.7 Å². The summed E-state index contributed by atoms with van der Waals surface area (Å²) < 4.78 is 5.74. The van der Waals surface area contributed by atoms with Crippen LogP contribution in [0.3, 0.4) is 0 Å². The highest BCUT2D eigenvalue weighted by molar-refractivity contribution is 6.36. The first-order valence-corrected chi connectivity index (χ1v) is 7.92. The Morgan fingerprint density at radius 3 is 2.67 bits per heavy atom. The number of hydrogen-bond donors (Lipinski definition) is 2. The molecule has 0 radical (unpaired) electrons. The van der Waals surface area contributed by atoms with Crippen LogP contribution >= 0.6 is 23.2 Å². The summed E-state index contributed by atoms with van der Waals surface area (Å²) in [5.41, 5.74) is 6.27. The van der Waals surface area contributed by atoms with E-state index >= 15 is 0 Å². The predicted octanol–water partition coefficient (Wildman–Crippen LogP) is 3.01. The van der Waals surface area contributed by atoms with Crippen molar-refractivity contribution in [3.05, 3.63) is 33.8 Å². The summed E-state index contributed by atoms with van der Waals surface area (Å²) in [7, 11) is 0. The predicted molar refractivity (Wildman–Crippen MR) is 85.0 cm³/mol. The summed E-state index contributed by atoms with van der Waals surface area (Å²) in [6, 6.07) is 5.13. The molecular weight excluding hydrogens is 311 g/mol. The van der Waals surface area contributed by atoms with Crippen LogP contribution in [0.5, 0.6) is 0 Å². The van der Waals surface area contributed by atoms with E-state index < -0.39 is 0 Å². The van der Waals surface area contributed by atoms with Crippen molar-refractivity contribution in [2.75, 3.05) is 13.2 Å². The standard InChI is InChI=1S/C15H20Cl2N2O2/c16-10-1-6-13(14(17)9-10)15(20)19-7-8-21-12-4-2-11(18)3-5-12/h1,6,9,11-12H,2-5,7-8,18H2,(H,19,20). The second-order valence-corrected chi connectivity index (χ2v) is 6.13. The Kier molecular flexibility index (Phi) is 6.30. The lowest BCUT2D eigenvalue weighted by Crippen LogP contribution is -2.33. The third kappa shape index (κ3) is 5.15. The molecule has 1 aliphatic rings. The smallest absolute Gasteiger partial charge is 0.252 e. The third-order valence-electron chi connectivity index (χ3n) is 3.64. The van der Waals surface area contributed by atoms with Gasteiger partial charge in [0.25, 0.3) is 5.91 Å². The Balaban J connectivity index is 1.69. The number of nitrogens with two attached hydrogens (primary N) is 1. The topological polar surface area (TPSA) is 64.3 Å². The highest BCUT2D eigenvalue weighted by Gasteiger charge is 2.18. The van der Waals surface area contributed by atoms with E-state index in [2.05, 4.69) is 5.32 Å². The molecule has 2 rings (SSSR count). The molecule has 1 aromatic rings. The molecule has 4 nitrogen and oxygen atoms in total. The molecule has 116 valence electrons. The number of amides is 1. The van der Waals surface area contributed by atoms with Crippen molar-refractivity contribution in [3.63, 3.8) is 0 Å². The van der Waals surface area contributed by atoms with E-state index in [1.165, 1.54) is 0 Å². The lowest BCUT2D eigenvalue weighted by atomic mass is 9.94. The molecule has 1 saturated carbocycles. The Hall–Kier alpha value is -0.810. The van der Waals surface area contributed by atoms with Crippen molar-refractivity contribution >= 4 is 29.1 Å². The number of carbonyl (C=O) groups excluding carboxylic acids is 1. The summed E-state index contributed by atoms with van der Waals surface area (Å²) in [6.07, 6.45) is 4.28. The molecule has 6 heteroatoms. The van der Waals surface area contributed by atoms with Crippen molar-refractivity contribution in [2.24, 2.45) is 5.73 Å². The zero-order valence-corrected chi connectivity index (χ0v) is 13.3. The molecule has 0 unspecified atom stereocenters. The van der Waals surface area contributed by atoms with E-state index in [0.717, 1.165) is 25.7 Å². The van der Waals surface area contributed by atoms with Crippen LogP contribution in [0.4, 0.5) is 0 Å². The van der Waals surface area contributed by atoms with E-state index in [9.17, 15) is 4.79 Å². The summed E-state index contributed by atoms with van der Waals surface area (Å²) >= 11 is 11.8. The van der Waals surface area contributed by atoms with Gasteiger partial charge in [0.2, 0.25) is 0 Å². The Labute approximate surface area is 134 Å². The van der Waals surface area contributed by atoms with Gasteiger partial charge in [0.05, 0.1) is 23.3 Å². The van der Waals surface area contributed by atoms with Gasteiger partial charge in [-0.25, -0.2) is 0 Å². The van der Waals surface area contributed by atoms with Gasteiger partial charge in [-0.05, 0) is 43.9 Å². The minimum absolute atomic E-state index is 0.217. The van der Waals surface area contributed by atoms with E-state index in [1.54, 1.807) is 18.2 Å². The number of hydrogen-bond acceptors (Lipinski definition) is 3. The number of ether oxygens (including phenoxy) is 1. The molecule has 0 saturated heterocycles. The number of halogens is 2. The normalized spacial score (nSPS) is 22.0. The molecule has 0 aromatic heterocycles. The lowest BCUT2D eigenvalue weighted by molar-refractivity contribution is 0.0267. The van der Waals surface area contributed by atoms with Gasteiger partial charge < -0.3 is 15.8 Å². The number of benzene rings is 1. The largest absolute Gasteiger partial charge is 0.376 e. The maximum atomic E-state index is 12.0. The third-order valence-corrected chi connectivity index (χ3v) is 4.18. The Morgan fingerprint density at radius 2 is 2.00 bits per heavy atom. The van der Waals surface area contributed by atoms with Crippen LogP contribution in [0.15, 0.2) is 18.2 Å². The Bertz CT molecular complexity index is 489. The minimum Gasteiger partial charge on any atom is -0.376 e. The zero-order chi connectivity index (χ0) is 15.2. The van der Waals surface area contributed by atoms with Gasteiger partial charge in [0, 0.05) is 17.6 Å². The molecule has 0 heterocycles. The quantitative estimate of drug-likeness (QED) is 0.815. The van der Waals surface area contributed by atoms with Gasteiger partial charge in [0.1, 0.15) is 0 Å². The van der Waals surface area contributed by atoms with Gasteiger partial charge >= 0.3 is 0 Å². The fourth-order valence-electron chi connectivity index (χ4n) is 2.41. The van der Waals surface area contributed by atoms with Crippen LogP contribution in [0.1, 0.15) is 36.0 Å². The van der Waals surface area contributed by atoms with E-state index in [-0.39, 0.29) is 12.0 Å². The highest BCUT2D eigenvalue weighted by Crippen LogP contribution is 2.21. The van der Waals surface area contributed by atoms with Gasteiger partial charge in [-0.2, -0.15) is 0 Å². The second-order valence-electron chi connectivity index (χ2n) is 5.29. The van der Waals surface area contributed by atoms with Gasteiger partial charge in [-0.3, -0.25) is 4.79 Å². The number of carbonyl (C=O) groups is 1. The highest BCUT2D eigenvalue weighted by atomic mass is 35.5. The minimum atomic E-state index is -0.217. The molecule has 1 aromatic carbocycles. The molecule has 0 atom stereocenters. The molecular formula is C15H20Cl2N2O2. The maximum Gasteiger partial charge on any atom is 0.252 e. The summed E-state index contributed by atoms with van der Waals surface area (Å²) in [5, 5.41) is 3.65. The first-order chi connectivity index (χ1) is 10.1. The molecule has 3 N–H and O–H groups in total. The molecule has 21 heavy (non-hydrogen) atoms. The van der Waals surface area contributed by atoms with Crippen LogP contribution in [0, 0.1) is 0 Å².